The van der Waals surface area contributed by atoms with Crippen LogP contribution in [0.5, 0.6) is 0 Å². The minimum Gasteiger partial charge on any atom is -0.361 e. The van der Waals surface area contributed by atoms with E-state index in [2.05, 4.69) is 9.97 Å². The van der Waals surface area contributed by atoms with Crippen LogP contribution in [0.25, 0.3) is 21.0 Å². The molecule has 1 amide bonds. The Morgan fingerprint density at radius 1 is 1.17 bits per heavy atom. The summed E-state index contributed by atoms with van der Waals surface area (Å²) in [6.07, 6.45) is 3.54. The third-order valence-electron chi connectivity index (χ3n) is 5.24. The molecular formula is C20H17ClN4O3S2. The molecule has 1 aliphatic heterocycles. The smallest absolute Gasteiger partial charge is 0.253 e. The quantitative estimate of drug-likeness (QED) is 0.505. The first-order chi connectivity index (χ1) is 14.4. The van der Waals surface area contributed by atoms with Gasteiger partial charge in [-0.15, -0.1) is 11.3 Å². The lowest BCUT2D eigenvalue weighted by Crippen LogP contribution is -2.51. The van der Waals surface area contributed by atoms with Gasteiger partial charge in [-0.2, -0.15) is 4.31 Å². The molecule has 4 heterocycles. The fraction of sp³-hybridized carbons (Fsp3) is 0.200. The van der Waals surface area contributed by atoms with Gasteiger partial charge in [0, 0.05) is 46.1 Å². The summed E-state index contributed by atoms with van der Waals surface area (Å²) in [4.78, 5) is 21.9. The number of nitrogens with zero attached hydrogens (tertiary/aromatic N) is 3. The first-order valence-electron chi connectivity index (χ1n) is 9.30. The molecule has 10 heteroatoms. The number of halogens is 1. The number of amides is 1. The number of fused-ring (bicyclic) bond motifs is 2. The lowest BCUT2D eigenvalue weighted by atomic mass is 10.2. The number of hydrogen-bond acceptors (Lipinski definition) is 5. The molecule has 7 nitrogen and oxygen atoms in total. The molecule has 4 aromatic rings. The van der Waals surface area contributed by atoms with Crippen LogP contribution in [0.15, 0.2) is 53.0 Å². The van der Waals surface area contributed by atoms with Crippen LogP contribution in [0, 0.1) is 0 Å². The number of benzene rings is 1. The Labute approximate surface area is 181 Å². The zero-order chi connectivity index (χ0) is 20.9. The second-order valence-electron chi connectivity index (χ2n) is 7.10. The molecule has 1 aliphatic rings. The number of carbonyl (C=O) groups excluding carboxylic acids is 1. The van der Waals surface area contributed by atoms with Crippen molar-refractivity contribution in [3.63, 3.8) is 0 Å². The van der Waals surface area contributed by atoms with Crippen LogP contribution in [0.2, 0.25) is 5.02 Å². The molecule has 30 heavy (non-hydrogen) atoms. The van der Waals surface area contributed by atoms with Crippen molar-refractivity contribution >= 4 is 59.9 Å². The zero-order valence-corrected chi connectivity index (χ0v) is 18.1. The summed E-state index contributed by atoms with van der Waals surface area (Å²) in [5.74, 6) is -0.233. The van der Waals surface area contributed by atoms with Gasteiger partial charge >= 0.3 is 0 Å². The summed E-state index contributed by atoms with van der Waals surface area (Å²) in [5, 5.41) is 2.34. The molecule has 1 fully saturated rings. The highest BCUT2D eigenvalue weighted by Crippen LogP contribution is 2.33. The SMILES string of the molecule is O=C1CN(S(=O)(=O)c2cc3ccc(Cl)cc3s2)CCN1Cc1nccc2[nH]ccc12. The Balaban J connectivity index is 1.35. The number of piperazine rings is 1. The Morgan fingerprint density at radius 3 is 2.87 bits per heavy atom. The van der Waals surface area contributed by atoms with E-state index in [9.17, 15) is 13.2 Å². The molecule has 0 spiro atoms. The molecule has 0 aliphatic carbocycles. The molecule has 1 saturated heterocycles. The number of carbonyl (C=O) groups is 1. The van der Waals surface area contributed by atoms with Crippen LogP contribution in [-0.2, 0) is 21.4 Å². The fourth-order valence-corrected chi connectivity index (χ4v) is 6.85. The normalized spacial score (nSPS) is 16.0. The first-order valence-corrected chi connectivity index (χ1v) is 11.9. The number of hydrogen-bond donors (Lipinski definition) is 1. The van der Waals surface area contributed by atoms with Gasteiger partial charge in [0.15, 0.2) is 0 Å². The summed E-state index contributed by atoms with van der Waals surface area (Å²) in [6, 6.07) is 10.7. The summed E-state index contributed by atoms with van der Waals surface area (Å²) in [7, 11) is -3.75. The standard InChI is InChI=1S/C20H17ClN4O3S2/c21-14-2-1-13-9-20(29-18(13)10-14)30(27,28)25-8-7-24(19(26)12-25)11-17-15-3-5-22-16(15)4-6-23-17/h1-6,9-10,22H,7-8,11-12H2. The van der Waals surface area contributed by atoms with E-state index < -0.39 is 10.0 Å². The first kappa shape index (κ1) is 19.5. The second-order valence-corrected chi connectivity index (χ2v) is 10.8. The average molecular weight is 461 g/mol. The van der Waals surface area contributed by atoms with Crippen LogP contribution in [0.4, 0.5) is 0 Å². The maximum atomic E-state index is 13.1. The van der Waals surface area contributed by atoms with Gasteiger partial charge in [0.25, 0.3) is 10.0 Å². The largest absolute Gasteiger partial charge is 0.361 e. The van der Waals surface area contributed by atoms with E-state index in [4.69, 9.17) is 11.6 Å². The maximum absolute atomic E-state index is 13.1. The van der Waals surface area contributed by atoms with Gasteiger partial charge in [-0.05, 0) is 35.7 Å². The van der Waals surface area contributed by atoms with Crippen LogP contribution in [-0.4, -0.2) is 53.1 Å². The summed E-state index contributed by atoms with van der Waals surface area (Å²) >= 11 is 7.18. The maximum Gasteiger partial charge on any atom is 0.253 e. The molecule has 154 valence electrons. The van der Waals surface area contributed by atoms with Crippen molar-refractivity contribution < 1.29 is 13.2 Å². The van der Waals surface area contributed by atoms with Crippen molar-refractivity contribution in [2.75, 3.05) is 19.6 Å². The molecule has 0 bridgehead atoms. The fourth-order valence-electron chi connectivity index (χ4n) is 3.64. The van der Waals surface area contributed by atoms with Crippen molar-refractivity contribution in [2.24, 2.45) is 0 Å². The molecule has 3 aromatic heterocycles. The summed E-state index contributed by atoms with van der Waals surface area (Å²) in [6.45, 7) is 0.729. The van der Waals surface area contributed by atoms with Gasteiger partial charge in [-0.25, -0.2) is 8.42 Å². The number of aromatic amines is 1. The summed E-state index contributed by atoms with van der Waals surface area (Å²) < 4.78 is 28.5. The second kappa shape index (κ2) is 7.35. The zero-order valence-electron chi connectivity index (χ0n) is 15.7. The number of rotatable bonds is 4. The molecule has 0 saturated carbocycles. The Kier molecular flexibility index (Phi) is 4.78. The number of nitrogens with one attached hydrogen (secondary N) is 1. The van der Waals surface area contributed by atoms with E-state index in [1.54, 1.807) is 35.4 Å². The minimum atomic E-state index is -3.75. The average Bonchev–Trinajstić information content (AvgIpc) is 3.36. The van der Waals surface area contributed by atoms with Crippen molar-refractivity contribution in [2.45, 2.75) is 10.8 Å². The third-order valence-corrected chi connectivity index (χ3v) is 8.87. The van der Waals surface area contributed by atoms with Crippen LogP contribution >= 0.6 is 22.9 Å². The van der Waals surface area contributed by atoms with E-state index in [0.29, 0.717) is 18.1 Å². The Morgan fingerprint density at radius 2 is 2.03 bits per heavy atom. The predicted octanol–water partition coefficient (Wildman–Crippen LogP) is 3.46. The number of thiophene rings is 1. The van der Waals surface area contributed by atoms with Gasteiger partial charge in [0.2, 0.25) is 5.91 Å². The van der Waals surface area contributed by atoms with E-state index in [-0.39, 0.29) is 23.2 Å². The monoisotopic (exact) mass is 460 g/mol. The van der Waals surface area contributed by atoms with Gasteiger partial charge in [0.05, 0.1) is 18.8 Å². The number of pyridine rings is 1. The molecule has 5 rings (SSSR count). The molecule has 0 radical (unpaired) electrons. The lowest BCUT2D eigenvalue weighted by Gasteiger charge is -2.33. The third kappa shape index (κ3) is 3.37. The van der Waals surface area contributed by atoms with Crippen molar-refractivity contribution in [1.29, 1.82) is 0 Å². The van der Waals surface area contributed by atoms with Crippen LogP contribution in [0.1, 0.15) is 5.69 Å². The lowest BCUT2D eigenvalue weighted by molar-refractivity contribution is -0.134. The molecule has 1 N–H and O–H groups in total. The number of H-pyrrole nitrogens is 1. The minimum absolute atomic E-state index is 0.180. The summed E-state index contributed by atoms with van der Waals surface area (Å²) in [5.41, 5.74) is 1.75. The van der Waals surface area contributed by atoms with Crippen LogP contribution in [0.3, 0.4) is 0 Å². The Hall–Kier alpha value is -2.46. The topological polar surface area (TPSA) is 86.4 Å². The van der Waals surface area contributed by atoms with E-state index in [1.807, 2.05) is 18.3 Å². The van der Waals surface area contributed by atoms with Crippen molar-refractivity contribution in [1.82, 2.24) is 19.2 Å². The molecule has 0 atom stereocenters. The van der Waals surface area contributed by atoms with Gasteiger partial charge < -0.3 is 9.88 Å². The Bertz CT molecular complexity index is 1380. The number of aromatic nitrogens is 2. The van der Waals surface area contributed by atoms with Gasteiger partial charge in [-0.3, -0.25) is 9.78 Å². The highest BCUT2D eigenvalue weighted by Gasteiger charge is 2.34. The van der Waals surface area contributed by atoms with Gasteiger partial charge in [0.1, 0.15) is 4.21 Å². The van der Waals surface area contributed by atoms with Crippen molar-refractivity contribution in [3.8, 4) is 0 Å². The molecule has 1 aromatic carbocycles. The van der Waals surface area contributed by atoms with E-state index >= 15 is 0 Å². The van der Waals surface area contributed by atoms with Crippen molar-refractivity contribution in [3.05, 3.63) is 59.5 Å². The predicted molar refractivity (Wildman–Crippen MR) is 117 cm³/mol. The molecule has 0 unspecified atom stereocenters. The molecular weight excluding hydrogens is 444 g/mol. The van der Waals surface area contributed by atoms with E-state index in [1.165, 1.54) is 15.6 Å². The van der Waals surface area contributed by atoms with Crippen LogP contribution < -0.4 is 0 Å². The number of sulfonamides is 1. The highest BCUT2D eigenvalue weighted by atomic mass is 35.5. The van der Waals surface area contributed by atoms with Gasteiger partial charge in [-0.1, -0.05) is 17.7 Å². The highest BCUT2D eigenvalue weighted by molar-refractivity contribution is 7.91. The van der Waals surface area contributed by atoms with E-state index in [0.717, 1.165) is 26.7 Å².